The van der Waals surface area contributed by atoms with E-state index in [4.69, 9.17) is 15.7 Å². The molecule has 0 amide bonds. The van der Waals surface area contributed by atoms with Crippen LogP contribution in [0.3, 0.4) is 0 Å². The van der Waals surface area contributed by atoms with Gasteiger partial charge in [0, 0.05) is 42.3 Å². The Bertz CT molecular complexity index is 854. The zero-order valence-corrected chi connectivity index (χ0v) is 19.2. The highest BCUT2D eigenvalue weighted by atomic mass is 35.5. The molecule has 9 heteroatoms. The van der Waals surface area contributed by atoms with E-state index in [1.807, 2.05) is 7.05 Å². The molecule has 1 aromatic heterocycles. The smallest absolute Gasteiger partial charge is 0.229 e. The van der Waals surface area contributed by atoms with E-state index in [-0.39, 0.29) is 24.8 Å². The largest absolute Gasteiger partial charge is 0.399 e. The van der Waals surface area contributed by atoms with Crippen molar-refractivity contribution < 1.29 is 0 Å². The minimum atomic E-state index is 0. The van der Waals surface area contributed by atoms with Crippen LogP contribution in [0.5, 0.6) is 0 Å². The zero-order chi connectivity index (χ0) is 19.9. The molecule has 0 bridgehead atoms. The zero-order valence-electron chi connectivity index (χ0n) is 17.5. The molecule has 7 nitrogen and oxygen atoms in total. The van der Waals surface area contributed by atoms with Gasteiger partial charge in [0.25, 0.3) is 0 Å². The molecule has 4 N–H and O–H groups in total. The molecule has 1 aliphatic rings. The van der Waals surface area contributed by atoms with Crippen LogP contribution in [-0.2, 0) is 6.42 Å². The van der Waals surface area contributed by atoms with Crippen LogP contribution in [0, 0.1) is 11.3 Å². The number of benzene rings is 1. The minimum absolute atomic E-state index is 0. The van der Waals surface area contributed by atoms with E-state index in [2.05, 4.69) is 34.6 Å². The number of nitrogens with zero attached hydrogens (tertiary/aromatic N) is 4. The number of rotatable bonds is 7. The lowest BCUT2D eigenvalue weighted by Crippen LogP contribution is -2.44. The molecule has 2 aromatic rings. The summed E-state index contributed by atoms with van der Waals surface area (Å²) in [6.07, 6.45) is 5.46. The Labute approximate surface area is 191 Å². The maximum atomic E-state index is 9.18. The Morgan fingerprint density at radius 2 is 2.03 bits per heavy atom. The van der Waals surface area contributed by atoms with Crippen molar-refractivity contribution in [2.45, 2.75) is 45.1 Å². The SMILES string of the molecule is CCCCc1cc(N2CCC[C@@H](NC)C2)nc(Nc2cc(N)cc(C#N)c2)n1.Cl.Cl. The lowest BCUT2D eigenvalue weighted by Gasteiger charge is -2.33. The third-order valence-electron chi connectivity index (χ3n) is 5.05. The number of piperidine rings is 1. The molecule has 0 aliphatic carbocycles. The first-order valence-corrected chi connectivity index (χ1v) is 9.99. The number of unbranched alkanes of at least 4 members (excludes halogenated alkanes) is 1. The van der Waals surface area contributed by atoms with Crippen molar-refractivity contribution in [2.75, 3.05) is 36.1 Å². The molecule has 164 valence electrons. The van der Waals surface area contributed by atoms with Crippen molar-refractivity contribution in [1.82, 2.24) is 15.3 Å². The highest BCUT2D eigenvalue weighted by Gasteiger charge is 2.20. The second kappa shape index (κ2) is 12.4. The van der Waals surface area contributed by atoms with Crippen molar-refractivity contribution in [3.8, 4) is 6.07 Å². The van der Waals surface area contributed by atoms with E-state index < -0.39 is 0 Å². The van der Waals surface area contributed by atoms with Gasteiger partial charge < -0.3 is 21.3 Å². The summed E-state index contributed by atoms with van der Waals surface area (Å²) < 4.78 is 0. The van der Waals surface area contributed by atoms with Crippen LogP contribution in [0.15, 0.2) is 24.3 Å². The van der Waals surface area contributed by atoms with E-state index in [0.717, 1.165) is 56.0 Å². The molecule has 1 fully saturated rings. The van der Waals surface area contributed by atoms with E-state index >= 15 is 0 Å². The molecule has 0 spiro atoms. The quantitative estimate of drug-likeness (QED) is 0.545. The number of nitriles is 1. The number of hydrogen-bond acceptors (Lipinski definition) is 7. The van der Waals surface area contributed by atoms with Gasteiger partial charge in [0.2, 0.25) is 5.95 Å². The van der Waals surface area contributed by atoms with Crippen LogP contribution in [0.1, 0.15) is 43.9 Å². The van der Waals surface area contributed by atoms with Crippen molar-refractivity contribution >= 4 is 48.0 Å². The number of anilines is 4. The number of nitrogens with one attached hydrogen (secondary N) is 2. The molecular formula is C21H31Cl2N7. The number of hydrogen-bond donors (Lipinski definition) is 3. The average molecular weight is 452 g/mol. The van der Waals surface area contributed by atoms with Crippen molar-refractivity contribution in [3.63, 3.8) is 0 Å². The summed E-state index contributed by atoms with van der Waals surface area (Å²) in [5.74, 6) is 1.50. The highest BCUT2D eigenvalue weighted by Crippen LogP contribution is 2.24. The number of nitrogen functional groups attached to an aromatic ring is 1. The van der Waals surface area contributed by atoms with Gasteiger partial charge in [0.1, 0.15) is 5.82 Å². The van der Waals surface area contributed by atoms with Crippen LogP contribution in [0.25, 0.3) is 0 Å². The molecule has 0 saturated carbocycles. The molecule has 0 unspecified atom stereocenters. The van der Waals surface area contributed by atoms with Crippen LogP contribution in [-0.4, -0.2) is 36.1 Å². The summed E-state index contributed by atoms with van der Waals surface area (Å²) in [5, 5.41) is 15.8. The number of aryl methyl sites for hydroxylation is 1. The first-order valence-electron chi connectivity index (χ1n) is 9.99. The van der Waals surface area contributed by atoms with Crippen LogP contribution in [0.4, 0.5) is 23.1 Å². The predicted octanol–water partition coefficient (Wildman–Crippen LogP) is 4.05. The lowest BCUT2D eigenvalue weighted by molar-refractivity contribution is 0.447. The van der Waals surface area contributed by atoms with Crippen molar-refractivity contribution in [1.29, 1.82) is 5.26 Å². The Kier molecular flexibility index (Phi) is 10.7. The highest BCUT2D eigenvalue weighted by molar-refractivity contribution is 5.85. The maximum absolute atomic E-state index is 9.18. The summed E-state index contributed by atoms with van der Waals surface area (Å²) in [6.45, 7) is 4.12. The fraction of sp³-hybridized carbons (Fsp3) is 0.476. The van der Waals surface area contributed by atoms with Gasteiger partial charge in [-0.15, -0.1) is 24.8 Å². The lowest BCUT2D eigenvalue weighted by atomic mass is 10.1. The Morgan fingerprint density at radius 3 is 2.73 bits per heavy atom. The van der Waals surface area contributed by atoms with Crippen LogP contribution < -0.4 is 21.3 Å². The summed E-state index contributed by atoms with van der Waals surface area (Å²) in [4.78, 5) is 11.8. The van der Waals surface area contributed by atoms with Crippen molar-refractivity contribution in [3.05, 3.63) is 35.5 Å². The maximum Gasteiger partial charge on any atom is 0.229 e. The fourth-order valence-electron chi connectivity index (χ4n) is 3.53. The van der Waals surface area contributed by atoms with Gasteiger partial charge in [-0.3, -0.25) is 0 Å². The van der Waals surface area contributed by atoms with Gasteiger partial charge >= 0.3 is 0 Å². The minimum Gasteiger partial charge on any atom is -0.399 e. The molecule has 1 saturated heterocycles. The van der Waals surface area contributed by atoms with E-state index in [1.54, 1.807) is 18.2 Å². The summed E-state index contributed by atoms with van der Waals surface area (Å²) in [7, 11) is 2.01. The van der Waals surface area contributed by atoms with E-state index in [0.29, 0.717) is 23.2 Å². The normalized spacial score (nSPS) is 15.5. The molecule has 0 radical (unpaired) electrons. The van der Waals surface area contributed by atoms with E-state index in [1.165, 1.54) is 6.42 Å². The molecule has 30 heavy (non-hydrogen) atoms. The van der Waals surface area contributed by atoms with Gasteiger partial charge in [-0.05, 0) is 50.9 Å². The van der Waals surface area contributed by atoms with Crippen molar-refractivity contribution in [2.24, 2.45) is 0 Å². The third kappa shape index (κ3) is 6.91. The first kappa shape index (κ1) is 25.8. The van der Waals surface area contributed by atoms with Crippen LogP contribution >= 0.6 is 24.8 Å². The Hall–Kier alpha value is -2.27. The average Bonchev–Trinajstić information content (AvgIpc) is 2.71. The summed E-state index contributed by atoms with van der Waals surface area (Å²) in [6, 6.07) is 9.93. The van der Waals surface area contributed by atoms with Gasteiger partial charge in [-0.25, -0.2) is 4.98 Å². The fourth-order valence-corrected chi connectivity index (χ4v) is 3.53. The van der Waals surface area contributed by atoms with Crippen LogP contribution in [0.2, 0.25) is 0 Å². The number of halogens is 2. The van der Waals surface area contributed by atoms with Gasteiger partial charge in [-0.1, -0.05) is 13.3 Å². The third-order valence-corrected chi connectivity index (χ3v) is 5.05. The van der Waals surface area contributed by atoms with Gasteiger partial charge in [-0.2, -0.15) is 10.2 Å². The summed E-state index contributed by atoms with van der Waals surface area (Å²) in [5.41, 5.74) is 8.72. The Morgan fingerprint density at radius 1 is 1.23 bits per heavy atom. The topological polar surface area (TPSA) is 103 Å². The van der Waals surface area contributed by atoms with E-state index in [9.17, 15) is 5.26 Å². The Balaban J connectivity index is 0.00000225. The second-order valence-electron chi connectivity index (χ2n) is 7.30. The van der Waals surface area contributed by atoms with Gasteiger partial charge in [0.15, 0.2) is 0 Å². The van der Waals surface area contributed by atoms with Gasteiger partial charge in [0.05, 0.1) is 11.6 Å². The number of nitrogens with two attached hydrogens (primary N) is 1. The first-order chi connectivity index (χ1) is 13.6. The summed E-state index contributed by atoms with van der Waals surface area (Å²) >= 11 is 0. The predicted molar refractivity (Wildman–Crippen MR) is 128 cm³/mol. The molecule has 1 aliphatic heterocycles. The molecular weight excluding hydrogens is 421 g/mol. The molecule has 1 aromatic carbocycles. The number of aromatic nitrogens is 2. The standard InChI is InChI=1S/C21H29N7.2ClH/c1-3-4-6-17-12-20(28-8-5-7-18(14-28)24-2)27-21(25-17)26-19-10-15(13-22)9-16(23)11-19;;/h9-12,18,24H,3-8,14,23H2,1-2H3,(H,25,26,27);2*1H/t18-;;/m1../s1. The monoisotopic (exact) mass is 451 g/mol. The molecule has 1 atom stereocenters. The molecule has 3 rings (SSSR count). The number of likely N-dealkylation sites (N-methyl/N-ethyl adjacent to an activating group) is 1. The second-order valence-corrected chi connectivity index (χ2v) is 7.30. The molecule has 2 heterocycles.